The SMILES string of the molecule is CCNC(=O)[C@H](Cc1ccccc1)N(Cc1c(Cl)cccc1Cl)C(=O)CN(c1ccc(OC)cc1)S(=O)(=O)c1ccccc1. The average Bonchev–Trinajstić information content (AvgIpc) is 3.03. The molecule has 1 atom stereocenters. The summed E-state index contributed by atoms with van der Waals surface area (Å²) in [5.74, 6) is -0.496. The number of benzene rings is 4. The molecule has 0 aliphatic heterocycles. The third kappa shape index (κ3) is 7.91. The van der Waals surface area contributed by atoms with Crippen LogP contribution in [-0.2, 0) is 32.6 Å². The quantitative estimate of drug-likeness (QED) is 0.192. The molecule has 230 valence electrons. The molecule has 0 radical (unpaired) electrons. The smallest absolute Gasteiger partial charge is 0.264 e. The Balaban J connectivity index is 1.82. The van der Waals surface area contributed by atoms with Gasteiger partial charge in [-0.3, -0.25) is 13.9 Å². The van der Waals surface area contributed by atoms with E-state index in [1.807, 2.05) is 30.3 Å². The molecule has 11 heteroatoms. The summed E-state index contributed by atoms with van der Waals surface area (Å²) in [6.07, 6.45) is 0.175. The number of methoxy groups -OCH3 is 1. The maximum atomic E-state index is 14.4. The van der Waals surface area contributed by atoms with E-state index in [-0.39, 0.29) is 23.5 Å². The summed E-state index contributed by atoms with van der Waals surface area (Å²) >= 11 is 13.1. The van der Waals surface area contributed by atoms with E-state index in [2.05, 4.69) is 5.32 Å². The van der Waals surface area contributed by atoms with Crippen molar-refractivity contribution in [2.24, 2.45) is 0 Å². The Hall–Kier alpha value is -4.05. The van der Waals surface area contributed by atoms with Crippen molar-refractivity contribution >= 4 is 50.7 Å². The van der Waals surface area contributed by atoms with Crippen molar-refractivity contribution < 1.29 is 22.7 Å². The van der Waals surface area contributed by atoms with Gasteiger partial charge in [0.15, 0.2) is 0 Å². The van der Waals surface area contributed by atoms with Gasteiger partial charge in [-0.15, -0.1) is 0 Å². The number of rotatable bonds is 13. The predicted octanol–water partition coefficient (Wildman–Crippen LogP) is 5.97. The fourth-order valence-electron chi connectivity index (χ4n) is 4.70. The van der Waals surface area contributed by atoms with Crippen LogP contribution in [0.5, 0.6) is 5.75 Å². The van der Waals surface area contributed by atoms with Crippen LogP contribution in [0.3, 0.4) is 0 Å². The van der Waals surface area contributed by atoms with Crippen LogP contribution in [0.2, 0.25) is 10.0 Å². The van der Waals surface area contributed by atoms with E-state index in [9.17, 15) is 18.0 Å². The van der Waals surface area contributed by atoms with E-state index in [4.69, 9.17) is 27.9 Å². The summed E-state index contributed by atoms with van der Waals surface area (Å²) < 4.78 is 34.3. The number of likely N-dealkylation sites (N-methyl/N-ethyl adjacent to an activating group) is 1. The average molecular weight is 655 g/mol. The molecule has 0 heterocycles. The molecule has 0 saturated carbocycles. The number of nitrogens with one attached hydrogen (secondary N) is 1. The van der Waals surface area contributed by atoms with Gasteiger partial charge in [-0.1, -0.05) is 77.8 Å². The number of carbonyl (C=O) groups excluding carboxylic acids is 2. The Bertz CT molecular complexity index is 1650. The van der Waals surface area contributed by atoms with Gasteiger partial charge in [-0.2, -0.15) is 0 Å². The lowest BCUT2D eigenvalue weighted by Crippen LogP contribution is -2.53. The molecule has 4 aromatic rings. The van der Waals surface area contributed by atoms with E-state index >= 15 is 0 Å². The molecule has 1 N–H and O–H groups in total. The lowest BCUT2D eigenvalue weighted by Gasteiger charge is -2.34. The van der Waals surface area contributed by atoms with Crippen molar-refractivity contribution in [3.8, 4) is 5.75 Å². The molecule has 4 aromatic carbocycles. The van der Waals surface area contributed by atoms with Crippen LogP contribution < -0.4 is 14.4 Å². The minimum Gasteiger partial charge on any atom is -0.497 e. The first-order chi connectivity index (χ1) is 21.1. The monoisotopic (exact) mass is 653 g/mol. The summed E-state index contributed by atoms with van der Waals surface area (Å²) in [7, 11) is -2.71. The number of halogens is 2. The Morgan fingerprint density at radius 2 is 1.43 bits per heavy atom. The van der Waals surface area contributed by atoms with Crippen molar-refractivity contribution in [2.75, 3.05) is 24.5 Å². The fourth-order valence-corrected chi connectivity index (χ4v) is 6.65. The number of amides is 2. The number of anilines is 1. The third-order valence-electron chi connectivity index (χ3n) is 6.98. The second-order valence-corrected chi connectivity index (χ2v) is 12.5. The van der Waals surface area contributed by atoms with Crippen molar-refractivity contribution in [3.63, 3.8) is 0 Å². The topological polar surface area (TPSA) is 96.0 Å². The number of hydrogen-bond donors (Lipinski definition) is 1. The van der Waals surface area contributed by atoms with Crippen molar-refractivity contribution in [1.82, 2.24) is 10.2 Å². The Morgan fingerprint density at radius 1 is 0.841 bits per heavy atom. The molecular weight excluding hydrogens is 621 g/mol. The highest BCUT2D eigenvalue weighted by atomic mass is 35.5. The van der Waals surface area contributed by atoms with Crippen LogP contribution >= 0.6 is 23.2 Å². The molecule has 8 nitrogen and oxygen atoms in total. The molecule has 0 aliphatic carbocycles. The van der Waals surface area contributed by atoms with Crippen LogP contribution in [0.25, 0.3) is 0 Å². The van der Waals surface area contributed by atoms with Crippen molar-refractivity contribution in [1.29, 1.82) is 0 Å². The van der Waals surface area contributed by atoms with Crippen molar-refractivity contribution in [3.05, 3.63) is 124 Å². The summed E-state index contributed by atoms with van der Waals surface area (Å²) in [6.45, 7) is 1.38. The Labute approximate surface area is 268 Å². The van der Waals surface area contributed by atoms with Crippen molar-refractivity contribution in [2.45, 2.75) is 30.8 Å². The summed E-state index contributed by atoms with van der Waals surface area (Å²) in [4.78, 5) is 29.4. The second kappa shape index (κ2) is 15.1. The normalized spacial score (nSPS) is 11.8. The molecule has 0 saturated heterocycles. The van der Waals surface area contributed by atoms with Gasteiger partial charge in [0.1, 0.15) is 18.3 Å². The van der Waals surface area contributed by atoms with E-state index in [0.29, 0.717) is 27.9 Å². The molecule has 0 unspecified atom stereocenters. The number of sulfonamides is 1. The second-order valence-electron chi connectivity index (χ2n) is 9.84. The van der Waals surface area contributed by atoms with Gasteiger partial charge in [0, 0.05) is 35.1 Å². The highest BCUT2D eigenvalue weighted by Crippen LogP contribution is 2.29. The number of ether oxygens (including phenoxy) is 1. The zero-order valence-corrected chi connectivity index (χ0v) is 26.6. The van der Waals surface area contributed by atoms with Gasteiger partial charge in [0.05, 0.1) is 17.7 Å². The van der Waals surface area contributed by atoms with Crippen LogP contribution in [0.15, 0.2) is 108 Å². The largest absolute Gasteiger partial charge is 0.497 e. The maximum Gasteiger partial charge on any atom is 0.264 e. The molecule has 0 aliphatic rings. The molecule has 0 spiro atoms. The van der Waals surface area contributed by atoms with E-state index < -0.39 is 34.4 Å². The molecule has 2 amide bonds. The molecule has 0 bridgehead atoms. The predicted molar refractivity (Wildman–Crippen MR) is 174 cm³/mol. The highest BCUT2D eigenvalue weighted by molar-refractivity contribution is 7.92. The van der Waals surface area contributed by atoms with Gasteiger partial charge in [-0.05, 0) is 61.0 Å². The van der Waals surface area contributed by atoms with Gasteiger partial charge in [0.25, 0.3) is 10.0 Å². The third-order valence-corrected chi connectivity index (χ3v) is 9.48. The summed E-state index contributed by atoms with van der Waals surface area (Å²) in [5, 5.41) is 3.45. The first-order valence-electron chi connectivity index (χ1n) is 13.9. The number of nitrogens with zero attached hydrogens (tertiary/aromatic N) is 2. The van der Waals surface area contributed by atoms with Crippen LogP contribution in [0.4, 0.5) is 5.69 Å². The van der Waals surface area contributed by atoms with Gasteiger partial charge < -0.3 is 15.0 Å². The minimum atomic E-state index is -4.21. The first kappa shape index (κ1) is 32.9. The molecule has 44 heavy (non-hydrogen) atoms. The minimum absolute atomic E-state index is 0.00822. The standard InChI is InChI=1S/C33H33Cl2N3O5S/c1-3-36-33(40)31(21-24-11-6-4-7-12-24)37(22-28-29(34)15-10-16-30(28)35)32(39)23-38(25-17-19-26(43-2)20-18-25)44(41,42)27-13-8-5-9-14-27/h4-20,31H,3,21-23H2,1-2H3,(H,36,40)/t31-/m0/s1. The zero-order valence-electron chi connectivity index (χ0n) is 24.3. The van der Waals surface area contributed by atoms with Crippen LogP contribution in [-0.4, -0.2) is 51.4 Å². The highest BCUT2D eigenvalue weighted by Gasteiger charge is 2.35. The molecule has 0 aromatic heterocycles. The van der Waals surface area contributed by atoms with Gasteiger partial charge in [0.2, 0.25) is 11.8 Å². The Kier molecular flexibility index (Phi) is 11.3. The molecular formula is C33H33Cl2N3O5S. The Morgan fingerprint density at radius 3 is 2.00 bits per heavy atom. The maximum absolute atomic E-state index is 14.4. The number of hydrogen-bond acceptors (Lipinski definition) is 5. The molecule has 4 rings (SSSR count). The number of carbonyl (C=O) groups is 2. The zero-order chi connectivity index (χ0) is 31.7. The van der Waals surface area contributed by atoms with E-state index in [1.165, 1.54) is 24.1 Å². The van der Waals surface area contributed by atoms with E-state index in [1.54, 1.807) is 67.6 Å². The molecule has 0 fully saturated rings. The summed E-state index contributed by atoms with van der Waals surface area (Å²) in [6, 6.07) is 27.4. The van der Waals surface area contributed by atoms with Gasteiger partial charge >= 0.3 is 0 Å². The fraction of sp³-hybridized carbons (Fsp3) is 0.212. The lowest BCUT2D eigenvalue weighted by atomic mass is 10.0. The van der Waals surface area contributed by atoms with Crippen LogP contribution in [0.1, 0.15) is 18.1 Å². The lowest BCUT2D eigenvalue weighted by molar-refractivity contribution is -0.140. The van der Waals surface area contributed by atoms with Gasteiger partial charge in [-0.25, -0.2) is 8.42 Å². The van der Waals surface area contributed by atoms with Crippen LogP contribution in [0, 0.1) is 0 Å². The first-order valence-corrected chi connectivity index (χ1v) is 16.1. The summed E-state index contributed by atoms with van der Waals surface area (Å²) in [5.41, 5.74) is 1.50. The van der Waals surface area contributed by atoms with E-state index in [0.717, 1.165) is 9.87 Å².